The van der Waals surface area contributed by atoms with Gasteiger partial charge in [-0.1, -0.05) is 11.2 Å². The number of urea groups is 1. The van der Waals surface area contributed by atoms with Crippen LogP contribution in [0.5, 0.6) is 17.4 Å². The molecule has 0 fully saturated rings. The number of anilines is 2. The monoisotopic (exact) mass is 486 g/mol. The van der Waals surface area contributed by atoms with Crippen LogP contribution >= 0.6 is 0 Å². The van der Waals surface area contributed by atoms with Gasteiger partial charge in [-0.3, -0.25) is 0 Å². The number of hydrogen-bond donors (Lipinski definition) is 3. The van der Waals surface area contributed by atoms with Gasteiger partial charge < -0.3 is 25.0 Å². The molecule has 0 saturated heterocycles. The molecule has 0 aliphatic carbocycles. The fourth-order valence-corrected chi connectivity index (χ4v) is 3.26. The molecule has 2 heterocycles. The van der Waals surface area contributed by atoms with Crippen molar-refractivity contribution in [1.82, 2.24) is 14.5 Å². The van der Waals surface area contributed by atoms with Gasteiger partial charge in [0.05, 0.1) is 23.3 Å². The van der Waals surface area contributed by atoms with E-state index in [1.165, 1.54) is 30.6 Å². The van der Waals surface area contributed by atoms with Crippen LogP contribution in [0.1, 0.15) is 5.56 Å². The van der Waals surface area contributed by atoms with E-state index in [1.54, 1.807) is 16.8 Å². The molecule has 3 N–H and O–H groups in total. The number of hydrogen-bond acceptors (Lipinski definition) is 7. The smallest absolute Gasteiger partial charge is 0.416 e. The van der Waals surface area contributed by atoms with Crippen molar-refractivity contribution in [1.29, 1.82) is 0 Å². The number of ether oxygens (including phenoxy) is 1. The highest BCUT2D eigenvalue weighted by Gasteiger charge is 2.30. The minimum atomic E-state index is -4.55. The van der Waals surface area contributed by atoms with Crippen LogP contribution in [0, 0.1) is 4.91 Å². The number of aromatic hydroxyl groups is 1. The van der Waals surface area contributed by atoms with Crippen molar-refractivity contribution in [2.45, 2.75) is 12.7 Å². The first-order chi connectivity index (χ1) is 16.7. The van der Waals surface area contributed by atoms with Crippen LogP contribution in [-0.4, -0.2) is 32.2 Å². The molecule has 0 unspecified atom stereocenters. The molecule has 180 valence electrons. The molecule has 0 saturated carbocycles. The summed E-state index contributed by atoms with van der Waals surface area (Å²) >= 11 is 0. The lowest BCUT2D eigenvalue weighted by Crippen LogP contribution is -2.19. The Hall–Kier alpha value is -4.68. The van der Waals surface area contributed by atoms with E-state index in [-0.39, 0.29) is 35.3 Å². The molecule has 4 rings (SSSR count). The fraction of sp³-hybridized carbons (Fsp3) is 0.136. The summed E-state index contributed by atoms with van der Waals surface area (Å²) in [5.74, 6) is 0.00780. The first kappa shape index (κ1) is 23.5. The molecule has 13 heteroatoms. The number of alkyl halides is 3. The Morgan fingerprint density at radius 1 is 1.11 bits per heavy atom. The first-order valence-corrected chi connectivity index (χ1v) is 10.1. The Labute approximate surface area is 195 Å². The zero-order valence-corrected chi connectivity index (χ0v) is 17.8. The standard InChI is InChI=1S/C22H17F3N6O4/c23-22(24,25)13-2-1-3-14(10-13)29-21(33)30-16-5-4-15(11-18(16)32)35-20-19-17(26-12-27-20)6-8-31(19)9-7-28-34/h1-6,8,10-12,32H,7,9H2,(H2,29,30,33). The Kier molecular flexibility index (Phi) is 6.48. The second-order valence-corrected chi connectivity index (χ2v) is 7.21. The van der Waals surface area contributed by atoms with Crippen LogP contribution in [-0.2, 0) is 12.7 Å². The average Bonchev–Trinajstić information content (AvgIpc) is 3.23. The van der Waals surface area contributed by atoms with Crippen molar-refractivity contribution in [3.8, 4) is 17.4 Å². The molecule has 2 aromatic carbocycles. The number of fused-ring (bicyclic) bond motifs is 1. The van der Waals surface area contributed by atoms with Gasteiger partial charge in [0.25, 0.3) is 0 Å². The maximum Gasteiger partial charge on any atom is 0.416 e. The van der Waals surface area contributed by atoms with Gasteiger partial charge in [-0.05, 0) is 36.4 Å². The van der Waals surface area contributed by atoms with Crippen LogP contribution in [0.2, 0.25) is 0 Å². The number of nitrogens with zero attached hydrogens (tertiary/aromatic N) is 4. The van der Waals surface area contributed by atoms with Gasteiger partial charge in [0.15, 0.2) is 0 Å². The van der Waals surface area contributed by atoms with E-state index in [4.69, 9.17) is 4.74 Å². The lowest BCUT2D eigenvalue weighted by molar-refractivity contribution is -0.137. The summed E-state index contributed by atoms with van der Waals surface area (Å²) in [6, 6.07) is 9.04. The van der Waals surface area contributed by atoms with Crippen molar-refractivity contribution in [3.63, 3.8) is 0 Å². The summed E-state index contributed by atoms with van der Waals surface area (Å²) in [6.07, 6.45) is -1.54. The second-order valence-electron chi connectivity index (χ2n) is 7.21. The van der Waals surface area contributed by atoms with Crippen LogP contribution in [0.3, 0.4) is 0 Å². The normalized spacial score (nSPS) is 11.3. The average molecular weight is 486 g/mol. The Morgan fingerprint density at radius 2 is 1.94 bits per heavy atom. The second kappa shape index (κ2) is 9.67. The topological polar surface area (TPSA) is 131 Å². The largest absolute Gasteiger partial charge is 0.506 e. The van der Waals surface area contributed by atoms with Crippen molar-refractivity contribution in [3.05, 3.63) is 71.5 Å². The number of phenolic OH excluding ortho intramolecular Hbond substituents is 1. The van der Waals surface area contributed by atoms with Crippen LogP contribution in [0.25, 0.3) is 11.0 Å². The summed E-state index contributed by atoms with van der Waals surface area (Å²) < 4.78 is 46.0. The zero-order valence-electron chi connectivity index (χ0n) is 17.8. The third-order valence-electron chi connectivity index (χ3n) is 4.83. The van der Waals surface area contributed by atoms with Crippen LogP contribution in [0.4, 0.5) is 29.3 Å². The van der Waals surface area contributed by atoms with Gasteiger partial charge in [-0.15, -0.1) is 0 Å². The fourth-order valence-electron chi connectivity index (χ4n) is 3.26. The van der Waals surface area contributed by atoms with Crippen molar-refractivity contribution >= 4 is 28.4 Å². The number of carbonyl (C=O) groups is 1. The molecule has 0 radical (unpaired) electrons. The molecule has 0 atom stereocenters. The number of nitroso groups, excluding NO2 is 1. The maximum absolute atomic E-state index is 12.8. The summed E-state index contributed by atoms with van der Waals surface area (Å²) in [4.78, 5) is 31.0. The Bertz CT molecular complexity index is 1390. The van der Waals surface area contributed by atoms with Crippen molar-refractivity contribution < 1.29 is 27.8 Å². The SMILES string of the molecule is O=NCCn1ccc2ncnc(Oc3ccc(NC(=O)Nc4cccc(C(F)(F)F)c4)c(O)c3)c21. The highest BCUT2D eigenvalue weighted by Crippen LogP contribution is 2.33. The Morgan fingerprint density at radius 3 is 2.69 bits per heavy atom. The van der Waals surface area contributed by atoms with Crippen molar-refractivity contribution in [2.75, 3.05) is 17.2 Å². The lowest BCUT2D eigenvalue weighted by atomic mass is 10.2. The minimum Gasteiger partial charge on any atom is -0.506 e. The van der Waals surface area contributed by atoms with E-state index in [9.17, 15) is 28.0 Å². The van der Waals surface area contributed by atoms with E-state index in [2.05, 4.69) is 25.8 Å². The number of aromatic nitrogens is 3. The van der Waals surface area contributed by atoms with Gasteiger partial charge in [-0.2, -0.15) is 23.1 Å². The van der Waals surface area contributed by atoms with Gasteiger partial charge in [0.2, 0.25) is 5.88 Å². The van der Waals surface area contributed by atoms with Crippen molar-refractivity contribution in [2.24, 2.45) is 5.18 Å². The van der Waals surface area contributed by atoms with E-state index in [0.29, 0.717) is 17.6 Å². The number of benzene rings is 2. The predicted octanol–water partition coefficient (Wildman–Crippen LogP) is 5.36. The number of amides is 2. The molecule has 0 aliphatic heterocycles. The van der Waals surface area contributed by atoms with E-state index >= 15 is 0 Å². The van der Waals surface area contributed by atoms with E-state index in [0.717, 1.165) is 18.2 Å². The minimum absolute atomic E-state index is 0.00454. The quantitative estimate of drug-likeness (QED) is 0.238. The van der Waals surface area contributed by atoms with Crippen LogP contribution < -0.4 is 15.4 Å². The van der Waals surface area contributed by atoms with Gasteiger partial charge in [0.1, 0.15) is 23.3 Å². The number of carbonyl (C=O) groups excluding carboxylic acids is 1. The van der Waals surface area contributed by atoms with Gasteiger partial charge >= 0.3 is 12.2 Å². The molecule has 2 amide bonds. The molecule has 0 aliphatic rings. The molecular formula is C22H17F3N6O4. The number of rotatable bonds is 7. The molecule has 0 bridgehead atoms. The molecule has 2 aromatic heterocycles. The Balaban J connectivity index is 1.47. The van der Waals surface area contributed by atoms with Gasteiger partial charge in [0, 0.05) is 24.5 Å². The van der Waals surface area contributed by atoms with Crippen LogP contribution in [0.15, 0.2) is 66.2 Å². The number of phenols is 1. The molecule has 0 spiro atoms. The van der Waals surface area contributed by atoms with E-state index in [1.807, 2.05) is 0 Å². The van der Waals surface area contributed by atoms with Gasteiger partial charge in [-0.25, -0.2) is 9.78 Å². The number of halogens is 3. The summed E-state index contributed by atoms with van der Waals surface area (Å²) in [5, 5.41) is 17.8. The summed E-state index contributed by atoms with van der Waals surface area (Å²) in [5.41, 5.74) is 0.118. The third kappa shape index (κ3) is 5.46. The summed E-state index contributed by atoms with van der Waals surface area (Å²) in [7, 11) is 0. The predicted molar refractivity (Wildman–Crippen MR) is 120 cm³/mol. The highest BCUT2D eigenvalue weighted by molar-refractivity contribution is 6.00. The molecule has 4 aromatic rings. The molecule has 35 heavy (non-hydrogen) atoms. The zero-order chi connectivity index (χ0) is 25.0. The van der Waals surface area contributed by atoms with E-state index < -0.39 is 17.8 Å². The highest BCUT2D eigenvalue weighted by atomic mass is 19.4. The first-order valence-electron chi connectivity index (χ1n) is 10.1. The maximum atomic E-state index is 12.8. The molecule has 10 nitrogen and oxygen atoms in total. The molecular weight excluding hydrogens is 469 g/mol. The lowest BCUT2D eigenvalue weighted by Gasteiger charge is -2.13. The summed E-state index contributed by atoms with van der Waals surface area (Å²) in [6.45, 7) is 0.341. The third-order valence-corrected chi connectivity index (χ3v) is 4.83. The number of nitrogens with one attached hydrogen (secondary N) is 2.